The lowest BCUT2D eigenvalue weighted by Gasteiger charge is -2.10. The third kappa shape index (κ3) is 4.64. The fourth-order valence-corrected chi connectivity index (χ4v) is 1.94. The lowest BCUT2D eigenvalue weighted by Crippen LogP contribution is -2.10. The van der Waals surface area contributed by atoms with Gasteiger partial charge in [-0.25, -0.2) is 4.79 Å². The number of ether oxygens (including phenoxy) is 2. The summed E-state index contributed by atoms with van der Waals surface area (Å²) in [5, 5.41) is 9.28. The molecular formula is C17H21NO3. The Morgan fingerprint density at radius 1 is 1.24 bits per heavy atom. The Kier molecular flexibility index (Phi) is 7.03. The molecule has 0 aliphatic carbocycles. The molecule has 112 valence electrons. The highest BCUT2D eigenvalue weighted by molar-refractivity contribution is 6.01. The molecule has 1 rings (SSSR count). The average Bonchev–Trinajstić information content (AvgIpc) is 2.52. The molecule has 0 saturated carbocycles. The van der Waals surface area contributed by atoms with Gasteiger partial charge in [0, 0.05) is 0 Å². The Hall–Kier alpha value is -2.28. The minimum Gasteiger partial charge on any atom is -0.497 e. The lowest BCUT2D eigenvalue weighted by atomic mass is 9.98. The van der Waals surface area contributed by atoms with Crippen molar-refractivity contribution in [1.29, 1.82) is 5.26 Å². The third-order valence-corrected chi connectivity index (χ3v) is 3.14. The number of rotatable bonds is 7. The standard InChI is InChI=1S/C17H21NO3/c1-4-6-11-21-17(19)16(12-18)15(5-2)13-7-9-14(20-3)10-8-13/h7-10H,4-6,11H2,1-3H3/b16-15+. The van der Waals surface area contributed by atoms with E-state index in [0.717, 1.165) is 24.2 Å². The van der Waals surface area contributed by atoms with E-state index in [4.69, 9.17) is 9.47 Å². The normalized spacial score (nSPS) is 11.3. The summed E-state index contributed by atoms with van der Waals surface area (Å²) < 4.78 is 10.3. The maximum absolute atomic E-state index is 12.0. The van der Waals surface area contributed by atoms with Crippen LogP contribution in [0, 0.1) is 11.3 Å². The second-order valence-corrected chi connectivity index (χ2v) is 4.54. The van der Waals surface area contributed by atoms with Crippen LogP contribution in [0.5, 0.6) is 5.75 Å². The van der Waals surface area contributed by atoms with Gasteiger partial charge in [0.05, 0.1) is 13.7 Å². The number of esters is 1. The van der Waals surface area contributed by atoms with Gasteiger partial charge in [-0.05, 0) is 36.1 Å². The molecule has 21 heavy (non-hydrogen) atoms. The van der Waals surface area contributed by atoms with E-state index < -0.39 is 5.97 Å². The van der Waals surface area contributed by atoms with Crippen LogP contribution < -0.4 is 4.74 Å². The molecule has 1 aromatic carbocycles. The molecule has 0 radical (unpaired) electrons. The molecular weight excluding hydrogens is 266 g/mol. The summed E-state index contributed by atoms with van der Waals surface area (Å²) in [6, 6.07) is 9.28. The van der Waals surface area contributed by atoms with Gasteiger partial charge < -0.3 is 9.47 Å². The highest BCUT2D eigenvalue weighted by Crippen LogP contribution is 2.25. The molecule has 0 aromatic heterocycles. The highest BCUT2D eigenvalue weighted by atomic mass is 16.5. The molecule has 0 heterocycles. The average molecular weight is 287 g/mol. The molecule has 0 bridgehead atoms. The minimum atomic E-state index is -0.543. The monoisotopic (exact) mass is 287 g/mol. The van der Waals surface area contributed by atoms with Crippen LogP contribution in [-0.2, 0) is 9.53 Å². The Morgan fingerprint density at radius 3 is 2.38 bits per heavy atom. The van der Waals surface area contributed by atoms with E-state index in [0.29, 0.717) is 18.6 Å². The van der Waals surface area contributed by atoms with Crippen LogP contribution >= 0.6 is 0 Å². The smallest absolute Gasteiger partial charge is 0.349 e. The molecule has 0 spiro atoms. The van der Waals surface area contributed by atoms with Crippen LogP contribution in [0.15, 0.2) is 29.8 Å². The zero-order valence-electron chi connectivity index (χ0n) is 12.8. The summed E-state index contributed by atoms with van der Waals surface area (Å²) in [5.74, 6) is 0.192. The largest absolute Gasteiger partial charge is 0.497 e. The van der Waals surface area contributed by atoms with Crippen LogP contribution in [0.4, 0.5) is 0 Å². The van der Waals surface area contributed by atoms with Gasteiger partial charge >= 0.3 is 5.97 Å². The van der Waals surface area contributed by atoms with E-state index in [9.17, 15) is 10.1 Å². The van der Waals surface area contributed by atoms with Crippen LogP contribution in [0.1, 0.15) is 38.7 Å². The molecule has 1 aromatic rings. The second-order valence-electron chi connectivity index (χ2n) is 4.54. The quantitative estimate of drug-likeness (QED) is 0.332. The first-order chi connectivity index (χ1) is 10.2. The molecule has 0 aliphatic heterocycles. The number of unbranched alkanes of at least 4 members (excludes halogenated alkanes) is 1. The fourth-order valence-electron chi connectivity index (χ4n) is 1.94. The van der Waals surface area contributed by atoms with Crippen LogP contribution in [0.2, 0.25) is 0 Å². The molecule has 0 saturated heterocycles. The number of allylic oxidation sites excluding steroid dienone is 1. The van der Waals surface area contributed by atoms with E-state index in [1.807, 2.05) is 44.2 Å². The summed E-state index contributed by atoms with van der Waals surface area (Å²) in [6.45, 7) is 4.28. The summed E-state index contributed by atoms with van der Waals surface area (Å²) in [6.07, 6.45) is 2.32. The summed E-state index contributed by atoms with van der Waals surface area (Å²) in [4.78, 5) is 12.0. The molecule has 4 heteroatoms. The Labute approximate surface area is 126 Å². The van der Waals surface area contributed by atoms with Gasteiger partial charge in [-0.2, -0.15) is 5.26 Å². The Morgan fingerprint density at radius 2 is 1.90 bits per heavy atom. The van der Waals surface area contributed by atoms with E-state index in [1.165, 1.54) is 0 Å². The molecule has 0 amide bonds. The van der Waals surface area contributed by atoms with Crippen molar-refractivity contribution in [3.63, 3.8) is 0 Å². The number of nitrogens with zero attached hydrogens (tertiary/aromatic N) is 1. The number of methoxy groups -OCH3 is 1. The second kappa shape index (κ2) is 8.80. The number of carbonyl (C=O) groups is 1. The van der Waals surface area contributed by atoms with Crippen molar-refractivity contribution in [2.24, 2.45) is 0 Å². The highest BCUT2D eigenvalue weighted by Gasteiger charge is 2.17. The van der Waals surface area contributed by atoms with Gasteiger partial charge in [-0.15, -0.1) is 0 Å². The van der Waals surface area contributed by atoms with Crippen molar-refractivity contribution < 1.29 is 14.3 Å². The zero-order valence-corrected chi connectivity index (χ0v) is 12.8. The number of benzene rings is 1. The van der Waals surface area contributed by atoms with Crippen molar-refractivity contribution in [1.82, 2.24) is 0 Å². The van der Waals surface area contributed by atoms with E-state index in [2.05, 4.69) is 0 Å². The molecule has 0 unspecified atom stereocenters. The van der Waals surface area contributed by atoms with Crippen molar-refractivity contribution in [2.45, 2.75) is 33.1 Å². The van der Waals surface area contributed by atoms with Crippen molar-refractivity contribution in [3.8, 4) is 11.8 Å². The van der Waals surface area contributed by atoms with Crippen molar-refractivity contribution >= 4 is 11.5 Å². The maximum atomic E-state index is 12.0. The van der Waals surface area contributed by atoms with Gasteiger partial charge in [0.15, 0.2) is 0 Å². The van der Waals surface area contributed by atoms with E-state index in [1.54, 1.807) is 7.11 Å². The van der Waals surface area contributed by atoms with Crippen LogP contribution in [0.25, 0.3) is 5.57 Å². The van der Waals surface area contributed by atoms with Crippen molar-refractivity contribution in [3.05, 3.63) is 35.4 Å². The Bertz CT molecular complexity index is 538. The fraction of sp³-hybridized carbons (Fsp3) is 0.412. The van der Waals surface area contributed by atoms with E-state index in [-0.39, 0.29) is 5.57 Å². The third-order valence-electron chi connectivity index (χ3n) is 3.14. The van der Waals surface area contributed by atoms with Crippen LogP contribution in [0.3, 0.4) is 0 Å². The first-order valence-corrected chi connectivity index (χ1v) is 7.12. The number of hydrogen-bond acceptors (Lipinski definition) is 4. The molecule has 0 N–H and O–H groups in total. The maximum Gasteiger partial charge on any atom is 0.349 e. The predicted molar refractivity (Wildman–Crippen MR) is 81.7 cm³/mol. The number of hydrogen-bond donors (Lipinski definition) is 0. The van der Waals surface area contributed by atoms with Gasteiger partial charge in [-0.1, -0.05) is 32.4 Å². The molecule has 0 fully saturated rings. The molecule has 4 nitrogen and oxygen atoms in total. The topological polar surface area (TPSA) is 59.3 Å². The first kappa shape index (κ1) is 16.8. The van der Waals surface area contributed by atoms with Gasteiger partial charge in [0.25, 0.3) is 0 Å². The number of nitriles is 1. The predicted octanol–water partition coefficient (Wildman–Crippen LogP) is 3.73. The van der Waals surface area contributed by atoms with Crippen LogP contribution in [-0.4, -0.2) is 19.7 Å². The zero-order chi connectivity index (χ0) is 15.7. The van der Waals surface area contributed by atoms with Gasteiger partial charge in [0.2, 0.25) is 0 Å². The lowest BCUT2D eigenvalue weighted by molar-refractivity contribution is -0.138. The molecule has 0 atom stereocenters. The van der Waals surface area contributed by atoms with E-state index >= 15 is 0 Å². The van der Waals surface area contributed by atoms with Gasteiger partial charge in [-0.3, -0.25) is 0 Å². The molecule has 0 aliphatic rings. The van der Waals surface area contributed by atoms with Crippen molar-refractivity contribution in [2.75, 3.05) is 13.7 Å². The number of carbonyl (C=O) groups excluding carboxylic acids is 1. The summed E-state index contributed by atoms with van der Waals surface area (Å²) in [5.41, 5.74) is 1.61. The summed E-state index contributed by atoms with van der Waals surface area (Å²) in [7, 11) is 1.59. The summed E-state index contributed by atoms with van der Waals surface area (Å²) >= 11 is 0. The van der Waals surface area contributed by atoms with Gasteiger partial charge in [0.1, 0.15) is 17.4 Å². The first-order valence-electron chi connectivity index (χ1n) is 7.12. The minimum absolute atomic E-state index is 0.0822. The Balaban J connectivity index is 3.04. The SMILES string of the molecule is CCCCOC(=O)/C(C#N)=C(\CC)c1ccc(OC)cc1.